The van der Waals surface area contributed by atoms with Gasteiger partial charge in [0.05, 0.1) is 12.1 Å². The van der Waals surface area contributed by atoms with Crippen LogP contribution in [0.4, 0.5) is 0 Å². The first-order valence-corrected chi connectivity index (χ1v) is 8.32. The van der Waals surface area contributed by atoms with Crippen LogP contribution in [0.5, 0.6) is 0 Å². The first-order chi connectivity index (χ1) is 10.2. The maximum Gasteiger partial charge on any atom is 0.252 e. The molecule has 1 heterocycles. The highest BCUT2D eigenvalue weighted by Gasteiger charge is 2.32. The zero-order valence-corrected chi connectivity index (χ0v) is 12.9. The molecule has 0 radical (unpaired) electrons. The molecule has 1 aliphatic rings. The lowest BCUT2D eigenvalue weighted by molar-refractivity contribution is -0.124. The normalized spacial score (nSPS) is 17.2. The van der Waals surface area contributed by atoms with Crippen molar-refractivity contribution in [1.29, 1.82) is 0 Å². The van der Waals surface area contributed by atoms with Crippen molar-refractivity contribution in [3.63, 3.8) is 0 Å². The van der Waals surface area contributed by atoms with Gasteiger partial charge < -0.3 is 15.7 Å². The minimum absolute atomic E-state index is 0.0139. The van der Waals surface area contributed by atoms with Crippen molar-refractivity contribution in [2.24, 2.45) is 0 Å². The Labute approximate surface area is 128 Å². The van der Waals surface area contributed by atoms with Gasteiger partial charge in [-0.1, -0.05) is 19.3 Å². The fourth-order valence-electron chi connectivity index (χ4n) is 2.69. The fourth-order valence-corrected chi connectivity index (χ4v) is 3.33. The Morgan fingerprint density at radius 3 is 2.67 bits per heavy atom. The Morgan fingerprint density at radius 2 is 2.05 bits per heavy atom. The Kier molecular flexibility index (Phi) is 5.76. The number of nitrogens with one attached hydrogen (secondary N) is 2. The van der Waals surface area contributed by atoms with Gasteiger partial charge in [0.1, 0.15) is 0 Å². The van der Waals surface area contributed by atoms with E-state index in [2.05, 4.69) is 10.6 Å². The Balaban J connectivity index is 1.73. The van der Waals surface area contributed by atoms with E-state index in [1.165, 1.54) is 11.3 Å². The van der Waals surface area contributed by atoms with Gasteiger partial charge in [0, 0.05) is 23.9 Å². The second-order valence-corrected chi connectivity index (χ2v) is 6.35. The zero-order chi connectivity index (χ0) is 15.1. The highest BCUT2D eigenvalue weighted by atomic mass is 32.1. The molecule has 1 saturated carbocycles. The van der Waals surface area contributed by atoms with Crippen LogP contribution in [0, 0.1) is 0 Å². The Morgan fingerprint density at radius 1 is 1.29 bits per heavy atom. The molecule has 0 aromatic carbocycles. The van der Waals surface area contributed by atoms with Crippen LogP contribution in [0.15, 0.2) is 16.8 Å². The average molecular weight is 310 g/mol. The number of aliphatic hydroxyl groups excluding tert-OH is 1. The van der Waals surface area contributed by atoms with Gasteiger partial charge in [-0.25, -0.2) is 0 Å². The van der Waals surface area contributed by atoms with E-state index in [-0.39, 0.29) is 24.8 Å². The summed E-state index contributed by atoms with van der Waals surface area (Å²) in [5.41, 5.74) is 0.173. The summed E-state index contributed by atoms with van der Waals surface area (Å²) in [5, 5.41) is 18.8. The van der Waals surface area contributed by atoms with Crippen LogP contribution in [-0.2, 0) is 4.79 Å². The molecule has 2 rings (SSSR count). The lowest BCUT2D eigenvalue weighted by Crippen LogP contribution is -2.52. The van der Waals surface area contributed by atoms with Crippen molar-refractivity contribution in [1.82, 2.24) is 10.6 Å². The number of amides is 2. The molecule has 1 aliphatic carbocycles. The summed E-state index contributed by atoms with van der Waals surface area (Å²) >= 11 is 1.47. The highest BCUT2D eigenvalue weighted by Crippen LogP contribution is 2.27. The first-order valence-electron chi connectivity index (χ1n) is 7.37. The molecular weight excluding hydrogens is 288 g/mol. The standard InChI is InChI=1S/C15H22N2O3S/c18-11-15(6-2-1-3-7-15)17-13(19)4-8-16-14(20)12-5-9-21-10-12/h5,9-10,18H,1-4,6-8,11H2,(H,16,20)(H,17,19). The van der Waals surface area contributed by atoms with E-state index < -0.39 is 5.54 Å². The van der Waals surface area contributed by atoms with Crippen LogP contribution in [0.25, 0.3) is 0 Å². The van der Waals surface area contributed by atoms with Gasteiger partial charge in [0.25, 0.3) is 5.91 Å². The predicted molar refractivity (Wildman–Crippen MR) is 82.3 cm³/mol. The first kappa shape index (κ1) is 16.0. The summed E-state index contributed by atoms with van der Waals surface area (Å²) in [6, 6.07) is 1.75. The van der Waals surface area contributed by atoms with Crippen LogP contribution >= 0.6 is 11.3 Å². The van der Waals surface area contributed by atoms with Crippen LogP contribution in [0.3, 0.4) is 0 Å². The van der Waals surface area contributed by atoms with E-state index in [0.717, 1.165) is 32.1 Å². The maximum absolute atomic E-state index is 12.0. The smallest absolute Gasteiger partial charge is 0.252 e. The summed E-state index contributed by atoms with van der Waals surface area (Å²) < 4.78 is 0. The van der Waals surface area contributed by atoms with Gasteiger partial charge in [-0.2, -0.15) is 11.3 Å². The third kappa shape index (κ3) is 4.54. The molecule has 1 aromatic rings. The Hall–Kier alpha value is -1.40. The number of hydrogen-bond donors (Lipinski definition) is 3. The topological polar surface area (TPSA) is 78.4 Å². The van der Waals surface area contributed by atoms with Crippen molar-refractivity contribution < 1.29 is 14.7 Å². The van der Waals surface area contributed by atoms with Gasteiger partial charge in [0.2, 0.25) is 5.91 Å². The summed E-state index contributed by atoms with van der Waals surface area (Å²) in [5.74, 6) is -0.268. The highest BCUT2D eigenvalue weighted by molar-refractivity contribution is 7.08. The van der Waals surface area contributed by atoms with Gasteiger partial charge in [-0.15, -0.1) is 0 Å². The molecule has 116 valence electrons. The third-order valence-electron chi connectivity index (χ3n) is 3.94. The van der Waals surface area contributed by atoms with Crippen LogP contribution in [0.2, 0.25) is 0 Å². The minimum Gasteiger partial charge on any atom is -0.394 e. The molecule has 0 aliphatic heterocycles. The molecule has 6 heteroatoms. The van der Waals surface area contributed by atoms with E-state index in [4.69, 9.17) is 0 Å². The molecule has 0 atom stereocenters. The molecular formula is C15H22N2O3S. The number of thiophene rings is 1. The van der Waals surface area contributed by atoms with Gasteiger partial charge in [-0.3, -0.25) is 9.59 Å². The number of rotatable bonds is 6. The molecule has 5 nitrogen and oxygen atoms in total. The molecule has 2 amide bonds. The molecule has 0 spiro atoms. The van der Waals surface area contributed by atoms with E-state index in [0.29, 0.717) is 12.1 Å². The quantitative estimate of drug-likeness (QED) is 0.748. The third-order valence-corrected chi connectivity index (χ3v) is 4.62. The second kappa shape index (κ2) is 7.56. The van der Waals surface area contributed by atoms with Crippen LogP contribution < -0.4 is 10.6 Å². The lowest BCUT2D eigenvalue weighted by Gasteiger charge is -2.36. The largest absolute Gasteiger partial charge is 0.394 e. The number of carbonyl (C=O) groups excluding carboxylic acids is 2. The van der Waals surface area contributed by atoms with Crippen LogP contribution in [0.1, 0.15) is 48.9 Å². The van der Waals surface area contributed by atoms with E-state index in [1.54, 1.807) is 11.4 Å². The predicted octanol–water partition coefficient (Wildman–Crippen LogP) is 1.68. The minimum atomic E-state index is -0.452. The zero-order valence-electron chi connectivity index (χ0n) is 12.1. The summed E-state index contributed by atoms with van der Waals surface area (Å²) in [4.78, 5) is 23.7. The molecule has 0 saturated heterocycles. The summed E-state index contributed by atoms with van der Waals surface area (Å²) in [6.07, 6.45) is 5.13. The van der Waals surface area contributed by atoms with Crippen molar-refractivity contribution in [2.75, 3.05) is 13.2 Å². The molecule has 1 fully saturated rings. The van der Waals surface area contributed by atoms with Crippen molar-refractivity contribution in [3.8, 4) is 0 Å². The van der Waals surface area contributed by atoms with Crippen molar-refractivity contribution in [2.45, 2.75) is 44.1 Å². The molecule has 1 aromatic heterocycles. The van der Waals surface area contributed by atoms with Crippen LogP contribution in [-0.4, -0.2) is 35.6 Å². The fraction of sp³-hybridized carbons (Fsp3) is 0.600. The average Bonchev–Trinajstić information content (AvgIpc) is 3.02. The number of hydrogen-bond acceptors (Lipinski definition) is 4. The number of aliphatic hydroxyl groups is 1. The number of carbonyl (C=O) groups is 2. The molecule has 0 bridgehead atoms. The van der Waals surface area contributed by atoms with Crippen molar-refractivity contribution >= 4 is 23.2 Å². The second-order valence-electron chi connectivity index (χ2n) is 5.57. The molecule has 0 unspecified atom stereocenters. The maximum atomic E-state index is 12.0. The van der Waals surface area contributed by atoms with Crippen molar-refractivity contribution in [3.05, 3.63) is 22.4 Å². The monoisotopic (exact) mass is 310 g/mol. The van der Waals surface area contributed by atoms with E-state index >= 15 is 0 Å². The van der Waals surface area contributed by atoms with Gasteiger partial charge in [-0.05, 0) is 24.3 Å². The molecule has 3 N–H and O–H groups in total. The summed E-state index contributed by atoms with van der Waals surface area (Å²) in [6.45, 7) is 0.294. The van der Waals surface area contributed by atoms with E-state index in [1.807, 2.05) is 5.38 Å². The molecule has 21 heavy (non-hydrogen) atoms. The van der Waals surface area contributed by atoms with Gasteiger partial charge in [0.15, 0.2) is 0 Å². The Bertz CT molecular complexity index is 467. The summed E-state index contributed by atoms with van der Waals surface area (Å²) in [7, 11) is 0. The van der Waals surface area contributed by atoms with E-state index in [9.17, 15) is 14.7 Å². The SMILES string of the molecule is O=C(CCNC(=O)c1ccsc1)NC1(CO)CCCCC1. The van der Waals surface area contributed by atoms with Gasteiger partial charge >= 0.3 is 0 Å². The lowest BCUT2D eigenvalue weighted by atomic mass is 9.82.